The molecular weight excluding hydrogens is 344 g/mol. The number of nitrogens with one attached hydrogen (secondary N) is 1. The monoisotopic (exact) mass is 366 g/mol. The second kappa shape index (κ2) is 8.93. The van der Waals surface area contributed by atoms with Crippen molar-refractivity contribution in [3.8, 4) is 5.75 Å². The zero-order valence-corrected chi connectivity index (χ0v) is 15.2. The Morgan fingerprint density at radius 3 is 2.41 bits per heavy atom. The number of hydrazone groups is 1. The lowest BCUT2D eigenvalue weighted by molar-refractivity contribution is -0.132. The molecule has 140 valence electrons. The van der Waals surface area contributed by atoms with Gasteiger partial charge in [0.1, 0.15) is 5.75 Å². The standard InChI is InChI=1S/C20H22N4O3/c1-15(22-23-20(26)17-8-10-21-11-9-17)16-4-6-18(7-5-16)27-14-19(25)24-12-2-3-13-24/h4-11H,2-3,12-14H2,1H3,(H,23,26)/b22-15+. The van der Waals surface area contributed by atoms with Gasteiger partial charge in [0.05, 0.1) is 5.71 Å². The molecule has 1 saturated heterocycles. The Morgan fingerprint density at radius 2 is 1.74 bits per heavy atom. The van der Waals surface area contributed by atoms with E-state index in [-0.39, 0.29) is 18.4 Å². The summed E-state index contributed by atoms with van der Waals surface area (Å²) in [6.07, 6.45) is 5.24. The van der Waals surface area contributed by atoms with Crippen LogP contribution in [0.5, 0.6) is 5.75 Å². The second-order valence-electron chi connectivity index (χ2n) is 6.27. The van der Waals surface area contributed by atoms with Gasteiger partial charge >= 0.3 is 0 Å². The average molecular weight is 366 g/mol. The summed E-state index contributed by atoms with van der Waals surface area (Å²) in [6.45, 7) is 3.50. The van der Waals surface area contributed by atoms with Gasteiger partial charge in [0.25, 0.3) is 11.8 Å². The largest absolute Gasteiger partial charge is 0.484 e. The van der Waals surface area contributed by atoms with Crippen LogP contribution in [0, 0.1) is 0 Å². The number of carbonyl (C=O) groups is 2. The average Bonchev–Trinajstić information content (AvgIpc) is 3.26. The third-order valence-corrected chi connectivity index (χ3v) is 4.36. The molecule has 0 aliphatic carbocycles. The molecule has 1 aliphatic rings. The highest BCUT2D eigenvalue weighted by Crippen LogP contribution is 2.14. The van der Waals surface area contributed by atoms with Gasteiger partial charge in [0.2, 0.25) is 0 Å². The Morgan fingerprint density at radius 1 is 1.07 bits per heavy atom. The molecule has 0 saturated carbocycles. The van der Waals surface area contributed by atoms with E-state index in [0.717, 1.165) is 31.5 Å². The SMILES string of the molecule is C/C(=N\NC(=O)c1ccncc1)c1ccc(OCC(=O)N2CCCC2)cc1. The fourth-order valence-corrected chi connectivity index (χ4v) is 2.76. The van der Waals surface area contributed by atoms with E-state index in [1.165, 1.54) is 0 Å². The van der Waals surface area contributed by atoms with Crippen molar-refractivity contribution in [1.82, 2.24) is 15.3 Å². The molecule has 0 unspecified atom stereocenters. The molecule has 2 amide bonds. The van der Waals surface area contributed by atoms with E-state index in [1.807, 2.05) is 17.0 Å². The number of ether oxygens (including phenoxy) is 1. The van der Waals surface area contributed by atoms with Crippen molar-refractivity contribution >= 4 is 17.5 Å². The van der Waals surface area contributed by atoms with E-state index in [9.17, 15) is 9.59 Å². The summed E-state index contributed by atoms with van der Waals surface area (Å²) < 4.78 is 5.56. The molecule has 7 nitrogen and oxygen atoms in total. The van der Waals surface area contributed by atoms with Gasteiger partial charge in [0, 0.05) is 31.0 Å². The normalized spacial score (nSPS) is 14.1. The van der Waals surface area contributed by atoms with Crippen LogP contribution in [0.3, 0.4) is 0 Å². The van der Waals surface area contributed by atoms with E-state index < -0.39 is 0 Å². The molecule has 27 heavy (non-hydrogen) atoms. The van der Waals surface area contributed by atoms with Crippen LogP contribution >= 0.6 is 0 Å². The Bertz CT molecular complexity index is 813. The van der Waals surface area contributed by atoms with Crippen LogP contribution in [0.15, 0.2) is 53.9 Å². The molecule has 2 heterocycles. The summed E-state index contributed by atoms with van der Waals surface area (Å²) in [5.74, 6) is 0.352. The molecule has 1 aromatic carbocycles. The summed E-state index contributed by atoms with van der Waals surface area (Å²) in [5.41, 5.74) is 4.53. The summed E-state index contributed by atoms with van der Waals surface area (Å²) in [4.78, 5) is 29.7. The van der Waals surface area contributed by atoms with Gasteiger partial charge in [0.15, 0.2) is 6.61 Å². The van der Waals surface area contributed by atoms with Crippen LogP contribution in [0.2, 0.25) is 0 Å². The second-order valence-corrected chi connectivity index (χ2v) is 6.27. The molecule has 0 spiro atoms. The number of nitrogens with zero attached hydrogens (tertiary/aromatic N) is 3. The molecule has 0 radical (unpaired) electrons. The van der Waals surface area contributed by atoms with E-state index in [1.54, 1.807) is 43.6 Å². The summed E-state index contributed by atoms with van der Waals surface area (Å²) in [6, 6.07) is 10.5. The highest BCUT2D eigenvalue weighted by molar-refractivity contribution is 6.00. The van der Waals surface area contributed by atoms with Crippen molar-refractivity contribution in [3.63, 3.8) is 0 Å². The minimum absolute atomic E-state index is 0.0214. The zero-order valence-electron chi connectivity index (χ0n) is 15.2. The van der Waals surface area contributed by atoms with Crippen molar-refractivity contribution < 1.29 is 14.3 Å². The number of hydrogen-bond acceptors (Lipinski definition) is 5. The number of aromatic nitrogens is 1. The molecule has 7 heteroatoms. The number of pyridine rings is 1. The van der Waals surface area contributed by atoms with Gasteiger partial charge in [-0.25, -0.2) is 5.43 Å². The van der Waals surface area contributed by atoms with Crippen LogP contribution in [0.4, 0.5) is 0 Å². The first kappa shape index (κ1) is 18.6. The molecule has 1 fully saturated rings. The van der Waals surface area contributed by atoms with Gasteiger partial charge in [-0.2, -0.15) is 5.10 Å². The number of amides is 2. The summed E-state index contributed by atoms with van der Waals surface area (Å²) in [7, 11) is 0. The molecule has 3 rings (SSSR count). The highest BCUT2D eigenvalue weighted by atomic mass is 16.5. The maximum Gasteiger partial charge on any atom is 0.271 e. The summed E-state index contributed by atoms with van der Waals surface area (Å²) >= 11 is 0. The van der Waals surface area contributed by atoms with Crippen molar-refractivity contribution in [2.75, 3.05) is 19.7 Å². The fourth-order valence-electron chi connectivity index (χ4n) is 2.76. The maximum atomic E-state index is 12.0. The van der Waals surface area contributed by atoms with Gasteiger partial charge in [-0.3, -0.25) is 14.6 Å². The van der Waals surface area contributed by atoms with Gasteiger partial charge < -0.3 is 9.64 Å². The smallest absolute Gasteiger partial charge is 0.271 e. The van der Waals surface area contributed by atoms with Crippen molar-refractivity contribution in [3.05, 3.63) is 59.9 Å². The molecule has 0 bridgehead atoms. The predicted octanol–water partition coefficient (Wildman–Crippen LogP) is 2.24. The number of rotatable bonds is 6. The van der Waals surface area contributed by atoms with Crippen molar-refractivity contribution in [2.24, 2.45) is 5.10 Å². The first-order valence-corrected chi connectivity index (χ1v) is 8.89. The molecular formula is C20H22N4O3. The maximum absolute atomic E-state index is 12.0. The van der Waals surface area contributed by atoms with Crippen molar-refractivity contribution in [1.29, 1.82) is 0 Å². The van der Waals surface area contributed by atoms with E-state index in [4.69, 9.17) is 4.74 Å². The molecule has 1 N–H and O–H groups in total. The lowest BCUT2D eigenvalue weighted by Gasteiger charge is -2.15. The third-order valence-electron chi connectivity index (χ3n) is 4.36. The number of hydrogen-bond donors (Lipinski definition) is 1. The number of benzene rings is 1. The lowest BCUT2D eigenvalue weighted by Crippen LogP contribution is -2.32. The van der Waals surface area contributed by atoms with E-state index >= 15 is 0 Å². The first-order chi connectivity index (χ1) is 13.1. The minimum Gasteiger partial charge on any atom is -0.484 e. The Labute approximate surface area is 158 Å². The van der Waals surface area contributed by atoms with Crippen LogP contribution in [0.25, 0.3) is 0 Å². The number of carbonyl (C=O) groups excluding carboxylic acids is 2. The Hall–Kier alpha value is -3.22. The molecule has 2 aromatic rings. The lowest BCUT2D eigenvalue weighted by atomic mass is 10.1. The zero-order chi connectivity index (χ0) is 19.1. The quantitative estimate of drug-likeness (QED) is 0.628. The minimum atomic E-state index is -0.294. The number of likely N-dealkylation sites (tertiary alicyclic amines) is 1. The molecule has 1 aliphatic heterocycles. The summed E-state index contributed by atoms with van der Waals surface area (Å²) in [5, 5.41) is 4.12. The van der Waals surface area contributed by atoms with Gasteiger partial charge in [-0.1, -0.05) is 0 Å². The topological polar surface area (TPSA) is 83.9 Å². The van der Waals surface area contributed by atoms with E-state index in [2.05, 4.69) is 15.5 Å². The predicted molar refractivity (Wildman–Crippen MR) is 102 cm³/mol. The Kier molecular flexibility index (Phi) is 6.14. The first-order valence-electron chi connectivity index (χ1n) is 8.89. The fraction of sp³-hybridized carbons (Fsp3) is 0.300. The van der Waals surface area contributed by atoms with E-state index in [0.29, 0.717) is 17.0 Å². The third kappa shape index (κ3) is 5.13. The van der Waals surface area contributed by atoms with Crippen molar-refractivity contribution in [2.45, 2.75) is 19.8 Å². The Balaban J connectivity index is 1.52. The molecule has 0 atom stereocenters. The van der Waals surface area contributed by atoms with Crippen LogP contribution in [-0.2, 0) is 4.79 Å². The van der Waals surface area contributed by atoms with Gasteiger partial charge in [-0.15, -0.1) is 0 Å². The van der Waals surface area contributed by atoms with Crippen LogP contribution in [-0.4, -0.2) is 47.1 Å². The van der Waals surface area contributed by atoms with Crippen LogP contribution in [0.1, 0.15) is 35.7 Å². The van der Waals surface area contributed by atoms with Gasteiger partial charge in [-0.05, 0) is 61.7 Å². The highest BCUT2D eigenvalue weighted by Gasteiger charge is 2.18. The molecule has 1 aromatic heterocycles. The van der Waals surface area contributed by atoms with Crippen LogP contribution < -0.4 is 10.2 Å².